The van der Waals surface area contributed by atoms with Crippen molar-refractivity contribution in [1.29, 1.82) is 0 Å². The van der Waals surface area contributed by atoms with Gasteiger partial charge in [0.1, 0.15) is 0 Å². The van der Waals surface area contributed by atoms with Crippen LogP contribution >= 0.6 is 0 Å². The van der Waals surface area contributed by atoms with Crippen molar-refractivity contribution in [3.05, 3.63) is 29.8 Å². The summed E-state index contributed by atoms with van der Waals surface area (Å²) in [5, 5.41) is 14.6. The van der Waals surface area contributed by atoms with Crippen LogP contribution < -0.4 is 16.4 Å². The molecule has 0 saturated heterocycles. The van der Waals surface area contributed by atoms with Crippen molar-refractivity contribution in [2.24, 2.45) is 5.73 Å². The maximum atomic E-state index is 11.5. The first-order valence-electron chi connectivity index (χ1n) is 6.67. The number of hydrogen-bond acceptors (Lipinski definition) is 3. The molecule has 0 atom stereocenters. The van der Waals surface area contributed by atoms with E-state index in [1.165, 1.54) is 0 Å². The van der Waals surface area contributed by atoms with Gasteiger partial charge in [0, 0.05) is 12.2 Å². The normalized spacial score (nSPS) is 15.4. The Morgan fingerprint density at radius 1 is 1.25 bits per heavy atom. The highest BCUT2D eigenvalue weighted by Gasteiger charge is 2.51. The molecule has 0 spiro atoms. The highest BCUT2D eigenvalue weighted by atomic mass is 16.4. The number of carboxylic acid groups (broad SMARTS) is 1. The molecular weight excluding hydrogens is 258 g/mol. The van der Waals surface area contributed by atoms with Gasteiger partial charge >= 0.3 is 12.0 Å². The van der Waals surface area contributed by atoms with Gasteiger partial charge in [-0.3, -0.25) is 4.79 Å². The number of rotatable bonds is 6. The van der Waals surface area contributed by atoms with Gasteiger partial charge in [-0.1, -0.05) is 12.1 Å². The van der Waals surface area contributed by atoms with Crippen molar-refractivity contribution < 1.29 is 14.7 Å². The standard InChI is InChI=1S/C14H19N3O3/c15-8-1-9-16-13(20)17-11-4-2-10(3-5-11)14(6-7-14)12(18)19/h2-5H,1,6-9,15H2,(H,18,19)(H2,16,17,20). The van der Waals surface area contributed by atoms with Crippen molar-refractivity contribution >= 4 is 17.7 Å². The molecule has 1 fully saturated rings. The molecular formula is C14H19N3O3. The van der Waals surface area contributed by atoms with E-state index < -0.39 is 11.4 Å². The van der Waals surface area contributed by atoms with Crippen LogP contribution in [0.15, 0.2) is 24.3 Å². The summed E-state index contributed by atoms with van der Waals surface area (Å²) in [4.78, 5) is 22.7. The number of carbonyl (C=O) groups is 2. The molecule has 0 aliphatic heterocycles. The maximum absolute atomic E-state index is 11.5. The number of hydrogen-bond donors (Lipinski definition) is 4. The first kappa shape index (κ1) is 14.3. The number of carboxylic acids is 1. The fraction of sp³-hybridized carbons (Fsp3) is 0.429. The molecule has 1 aromatic rings. The Balaban J connectivity index is 1.92. The molecule has 1 aliphatic rings. The second-order valence-electron chi connectivity index (χ2n) is 4.99. The zero-order chi connectivity index (χ0) is 14.6. The Bertz CT molecular complexity index is 495. The fourth-order valence-electron chi connectivity index (χ4n) is 2.10. The van der Waals surface area contributed by atoms with Crippen molar-refractivity contribution in [3.8, 4) is 0 Å². The first-order valence-corrected chi connectivity index (χ1v) is 6.67. The topological polar surface area (TPSA) is 104 Å². The summed E-state index contributed by atoms with van der Waals surface area (Å²) in [5.41, 5.74) is 6.06. The van der Waals surface area contributed by atoms with Crippen molar-refractivity contribution in [3.63, 3.8) is 0 Å². The van der Waals surface area contributed by atoms with Crippen LogP contribution in [0.2, 0.25) is 0 Å². The van der Waals surface area contributed by atoms with Gasteiger partial charge in [0.05, 0.1) is 5.41 Å². The molecule has 20 heavy (non-hydrogen) atoms. The Kier molecular flexibility index (Phi) is 4.24. The highest BCUT2D eigenvalue weighted by molar-refractivity contribution is 5.89. The summed E-state index contributed by atoms with van der Waals surface area (Å²) in [6.45, 7) is 1.06. The second-order valence-corrected chi connectivity index (χ2v) is 4.99. The summed E-state index contributed by atoms with van der Waals surface area (Å²) >= 11 is 0. The van der Waals surface area contributed by atoms with Crippen LogP contribution in [-0.2, 0) is 10.2 Å². The molecule has 1 aliphatic carbocycles. The molecule has 0 bridgehead atoms. The van der Waals surface area contributed by atoms with Crippen LogP contribution in [0, 0.1) is 0 Å². The van der Waals surface area contributed by atoms with E-state index in [0.29, 0.717) is 31.6 Å². The number of aliphatic carboxylic acids is 1. The molecule has 2 amide bonds. The fourth-order valence-corrected chi connectivity index (χ4v) is 2.10. The van der Waals surface area contributed by atoms with E-state index in [9.17, 15) is 14.7 Å². The van der Waals surface area contributed by atoms with E-state index in [2.05, 4.69) is 10.6 Å². The average molecular weight is 277 g/mol. The Morgan fingerprint density at radius 2 is 1.90 bits per heavy atom. The molecule has 0 radical (unpaired) electrons. The minimum absolute atomic E-state index is 0.287. The van der Waals surface area contributed by atoms with Gasteiger partial charge in [-0.15, -0.1) is 0 Å². The zero-order valence-electron chi connectivity index (χ0n) is 11.2. The molecule has 0 unspecified atom stereocenters. The Hall–Kier alpha value is -2.08. The number of anilines is 1. The van der Waals surface area contributed by atoms with E-state index in [-0.39, 0.29) is 6.03 Å². The number of amides is 2. The number of benzene rings is 1. The lowest BCUT2D eigenvalue weighted by molar-refractivity contribution is -0.140. The summed E-state index contributed by atoms with van der Waals surface area (Å²) in [6, 6.07) is 6.68. The third-order valence-corrected chi connectivity index (χ3v) is 3.52. The molecule has 108 valence electrons. The lowest BCUT2D eigenvalue weighted by Gasteiger charge is -2.11. The molecule has 6 heteroatoms. The lowest BCUT2D eigenvalue weighted by Crippen LogP contribution is -2.30. The SMILES string of the molecule is NCCCNC(=O)Nc1ccc(C2(C(=O)O)CC2)cc1. The molecule has 6 nitrogen and oxygen atoms in total. The van der Waals surface area contributed by atoms with Crippen molar-refractivity contribution in [2.45, 2.75) is 24.7 Å². The maximum Gasteiger partial charge on any atom is 0.319 e. The summed E-state index contributed by atoms with van der Waals surface area (Å²) < 4.78 is 0. The third kappa shape index (κ3) is 3.08. The molecule has 5 N–H and O–H groups in total. The first-order chi connectivity index (χ1) is 9.58. The lowest BCUT2D eigenvalue weighted by atomic mass is 9.96. The smallest absolute Gasteiger partial charge is 0.319 e. The quantitative estimate of drug-likeness (QED) is 0.588. The highest BCUT2D eigenvalue weighted by Crippen LogP contribution is 2.48. The van der Waals surface area contributed by atoms with E-state index in [1.807, 2.05) is 0 Å². The van der Waals surface area contributed by atoms with Gasteiger partial charge in [0.2, 0.25) is 0 Å². The second kappa shape index (κ2) is 5.92. The Morgan fingerprint density at radius 3 is 2.40 bits per heavy atom. The van der Waals surface area contributed by atoms with Crippen LogP contribution in [0.3, 0.4) is 0 Å². The van der Waals surface area contributed by atoms with Crippen LogP contribution in [0.5, 0.6) is 0 Å². The van der Waals surface area contributed by atoms with Crippen LogP contribution in [0.4, 0.5) is 10.5 Å². The minimum atomic E-state index is -0.780. The minimum Gasteiger partial charge on any atom is -0.481 e. The van der Waals surface area contributed by atoms with Gasteiger partial charge in [0.15, 0.2) is 0 Å². The predicted octanol–water partition coefficient (Wildman–Crippen LogP) is 1.27. The summed E-state index contributed by atoms with van der Waals surface area (Å²) in [5.74, 6) is -0.780. The van der Waals surface area contributed by atoms with Crippen molar-refractivity contribution in [1.82, 2.24) is 5.32 Å². The average Bonchev–Trinajstić information content (AvgIpc) is 3.21. The van der Waals surface area contributed by atoms with Crippen molar-refractivity contribution in [2.75, 3.05) is 18.4 Å². The molecule has 1 aromatic carbocycles. The predicted molar refractivity (Wildman–Crippen MR) is 75.7 cm³/mol. The molecule has 2 rings (SSSR count). The molecule has 1 saturated carbocycles. The number of carbonyl (C=O) groups excluding carboxylic acids is 1. The summed E-state index contributed by atoms with van der Waals surface area (Å²) in [7, 11) is 0. The van der Waals surface area contributed by atoms with Gasteiger partial charge in [-0.2, -0.15) is 0 Å². The molecule has 0 aromatic heterocycles. The van der Waals surface area contributed by atoms with Crippen LogP contribution in [-0.4, -0.2) is 30.2 Å². The van der Waals surface area contributed by atoms with Gasteiger partial charge in [0.25, 0.3) is 0 Å². The number of nitrogens with one attached hydrogen (secondary N) is 2. The van der Waals surface area contributed by atoms with Crippen LogP contribution in [0.1, 0.15) is 24.8 Å². The Labute approximate surface area is 117 Å². The van der Waals surface area contributed by atoms with E-state index in [0.717, 1.165) is 12.0 Å². The van der Waals surface area contributed by atoms with Crippen LogP contribution in [0.25, 0.3) is 0 Å². The third-order valence-electron chi connectivity index (χ3n) is 3.52. The summed E-state index contributed by atoms with van der Waals surface area (Å²) in [6.07, 6.45) is 2.08. The molecule has 0 heterocycles. The number of nitrogens with two attached hydrogens (primary N) is 1. The van der Waals surface area contributed by atoms with E-state index in [1.54, 1.807) is 24.3 Å². The monoisotopic (exact) mass is 277 g/mol. The van der Waals surface area contributed by atoms with E-state index in [4.69, 9.17) is 5.73 Å². The van der Waals surface area contributed by atoms with Gasteiger partial charge in [-0.25, -0.2) is 4.79 Å². The van der Waals surface area contributed by atoms with E-state index >= 15 is 0 Å². The number of urea groups is 1. The van der Waals surface area contributed by atoms with Gasteiger partial charge < -0.3 is 21.5 Å². The zero-order valence-corrected chi connectivity index (χ0v) is 11.2. The van der Waals surface area contributed by atoms with Gasteiger partial charge in [-0.05, 0) is 43.5 Å². The largest absolute Gasteiger partial charge is 0.481 e.